The van der Waals surface area contributed by atoms with Gasteiger partial charge >= 0.3 is 5.97 Å². The van der Waals surface area contributed by atoms with E-state index in [1.165, 1.54) is 0 Å². The first kappa shape index (κ1) is 12.5. The van der Waals surface area contributed by atoms with Crippen LogP contribution in [0.25, 0.3) is 0 Å². The summed E-state index contributed by atoms with van der Waals surface area (Å²) >= 11 is 0. The van der Waals surface area contributed by atoms with E-state index >= 15 is 0 Å². The van der Waals surface area contributed by atoms with Gasteiger partial charge in [0.25, 0.3) is 0 Å². The molecule has 2 N–H and O–H groups in total. The normalized spacial score (nSPS) is 11.9. The minimum absolute atomic E-state index is 0.356. The average Bonchev–Trinajstić information content (AvgIpc) is 2.30. The van der Waals surface area contributed by atoms with Crippen LogP contribution >= 0.6 is 0 Å². The zero-order valence-corrected chi connectivity index (χ0v) is 9.60. The van der Waals surface area contributed by atoms with Crippen molar-refractivity contribution in [3.63, 3.8) is 0 Å². The maximum atomic E-state index is 11.3. The smallest absolute Gasteiger partial charge is 0.323 e. The Bertz CT molecular complexity index is 335. The van der Waals surface area contributed by atoms with Crippen LogP contribution in [0.2, 0.25) is 0 Å². The second kappa shape index (κ2) is 6.12. The third kappa shape index (κ3) is 3.55. The van der Waals surface area contributed by atoms with Crippen LogP contribution in [0.5, 0.6) is 5.75 Å². The molecular formula is C12H17NO3. The van der Waals surface area contributed by atoms with Crippen molar-refractivity contribution < 1.29 is 14.3 Å². The Morgan fingerprint density at radius 2 is 2.00 bits per heavy atom. The maximum absolute atomic E-state index is 11.3. The van der Waals surface area contributed by atoms with Crippen LogP contribution in [0.3, 0.4) is 0 Å². The monoisotopic (exact) mass is 223 g/mol. The summed E-state index contributed by atoms with van der Waals surface area (Å²) in [4.78, 5) is 11.3. The van der Waals surface area contributed by atoms with Gasteiger partial charge < -0.3 is 15.2 Å². The van der Waals surface area contributed by atoms with Crippen LogP contribution in [-0.4, -0.2) is 25.7 Å². The molecule has 0 aliphatic carbocycles. The molecule has 1 unspecified atom stereocenters. The molecule has 0 aliphatic heterocycles. The molecule has 88 valence electrons. The maximum Gasteiger partial charge on any atom is 0.323 e. The van der Waals surface area contributed by atoms with E-state index in [0.29, 0.717) is 13.0 Å². The van der Waals surface area contributed by atoms with E-state index in [1.54, 1.807) is 14.0 Å². The van der Waals surface area contributed by atoms with Crippen molar-refractivity contribution in [2.24, 2.45) is 5.73 Å². The molecule has 0 saturated heterocycles. The fraction of sp³-hybridized carbons (Fsp3) is 0.417. The molecule has 4 heteroatoms. The zero-order chi connectivity index (χ0) is 12.0. The lowest BCUT2D eigenvalue weighted by molar-refractivity contribution is -0.144. The molecule has 1 atom stereocenters. The molecule has 0 radical (unpaired) electrons. The molecule has 1 aromatic carbocycles. The Balaban J connectivity index is 2.55. The highest BCUT2D eigenvalue weighted by Gasteiger charge is 2.14. The van der Waals surface area contributed by atoms with Crippen molar-refractivity contribution in [2.75, 3.05) is 13.7 Å². The zero-order valence-electron chi connectivity index (χ0n) is 9.60. The summed E-state index contributed by atoms with van der Waals surface area (Å²) in [5, 5.41) is 0. The van der Waals surface area contributed by atoms with Crippen molar-refractivity contribution in [2.45, 2.75) is 19.4 Å². The van der Waals surface area contributed by atoms with Gasteiger partial charge in [-0.2, -0.15) is 0 Å². The lowest BCUT2D eigenvalue weighted by atomic mass is 10.1. The number of carbonyl (C=O) groups excluding carboxylic acids is 1. The van der Waals surface area contributed by atoms with Gasteiger partial charge in [-0.1, -0.05) is 12.1 Å². The summed E-state index contributed by atoms with van der Waals surface area (Å²) in [6.45, 7) is 2.12. The minimum atomic E-state index is -0.603. The molecule has 0 heterocycles. The van der Waals surface area contributed by atoms with Crippen molar-refractivity contribution >= 4 is 5.97 Å². The summed E-state index contributed by atoms with van der Waals surface area (Å²) in [6.07, 6.45) is 0.475. The van der Waals surface area contributed by atoms with Crippen molar-refractivity contribution in [1.29, 1.82) is 0 Å². The molecule has 0 spiro atoms. The van der Waals surface area contributed by atoms with Gasteiger partial charge in [0.05, 0.1) is 13.7 Å². The number of rotatable bonds is 5. The van der Waals surface area contributed by atoms with Gasteiger partial charge in [-0.25, -0.2) is 0 Å². The van der Waals surface area contributed by atoms with Gasteiger partial charge in [0.15, 0.2) is 0 Å². The van der Waals surface area contributed by atoms with E-state index in [2.05, 4.69) is 0 Å². The molecule has 0 amide bonds. The molecule has 0 bridgehead atoms. The largest absolute Gasteiger partial charge is 0.497 e. The van der Waals surface area contributed by atoms with Crippen LogP contribution < -0.4 is 10.5 Å². The number of hydrogen-bond donors (Lipinski definition) is 1. The van der Waals surface area contributed by atoms with Gasteiger partial charge in [-0.15, -0.1) is 0 Å². The number of benzene rings is 1. The van der Waals surface area contributed by atoms with E-state index in [-0.39, 0.29) is 5.97 Å². The Morgan fingerprint density at radius 1 is 1.38 bits per heavy atom. The van der Waals surface area contributed by atoms with Crippen LogP contribution in [0, 0.1) is 0 Å². The average molecular weight is 223 g/mol. The summed E-state index contributed by atoms with van der Waals surface area (Å²) < 4.78 is 9.87. The number of ether oxygens (including phenoxy) is 2. The number of carbonyl (C=O) groups is 1. The first-order chi connectivity index (χ1) is 7.67. The van der Waals surface area contributed by atoms with Gasteiger partial charge in [0.1, 0.15) is 11.8 Å². The number of nitrogens with two attached hydrogens (primary N) is 1. The lowest BCUT2D eigenvalue weighted by Gasteiger charge is -2.10. The summed E-state index contributed by atoms with van der Waals surface area (Å²) in [5.74, 6) is 0.423. The predicted octanol–water partition coefficient (Wildman–Crippen LogP) is 1.13. The molecule has 1 rings (SSSR count). The first-order valence-corrected chi connectivity index (χ1v) is 5.22. The highest BCUT2D eigenvalue weighted by Crippen LogP contribution is 2.12. The molecule has 0 saturated carbocycles. The third-order valence-corrected chi connectivity index (χ3v) is 2.20. The molecular weight excluding hydrogens is 206 g/mol. The lowest BCUT2D eigenvalue weighted by Crippen LogP contribution is -2.34. The van der Waals surface area contributed by atoms with Crippen LogP contribution in [-0.2, 0) is 16.0 Å². The van der Waals surface area contributed by atoms with Gasteiger partial charge in [0, 0.05) is 0 Å². The Kier molecular flexibility index (Phi) is 4.79. The highest BCUT2D eigenvalue weighted by atomic mass is 16.5. The van der Waals surface area contributed by atoms with E-state index in [9.17, 15) is 4.79 Å². The Hall–Kier alpha value is -1.55. The van der Waals surface area contributed by atoms with Crippen LogP contribution in [0.4, 0.5) is 0 Å². The molecule has 16 heavy (non-hydrogen) atoms. The quantitative estimate of drug-likeness (QED) is 0.760. The summed E-state index contributed by atoms with van der Waals surface area (Å²) in [6, 6.07) is 6.85. The molecule has 0 aliphatic rings. The molecule has 4 nitrogen and oxygen atoms in total. The standard InChI is InChI=1S/C12H17NO3/c1-3-16-12(14)11(13)8-9-4-6-10(15-2)7-5-9/h4-7,11H,3,8,13H2,1-2H3. The first-order valence-electron chi connectivity index (χ1n) is 5.22. The topological polar surface area (TPSA) is 61.5 Å². The number of esters is 1. The minimum Gasteiger partial charge on any atom is -0.497 e. The van der Waals surface area contributed by atoms with Crippen LogP contribution in [0.15, 0.2) is 24.3 Å². The van der Waals surface area contributed by atoms with Crippen molar-refractivity contribution in [1.82, 2.24) is 0 Å². The number of hydrogen-bond acceptors (Lipinski definition) is 4. The number of methoxy groups -OCH3 is 1. The summed E-state index contributed by atoms with van der Waals surface area (Å²) in [5.41, 5.74) is 6.69. The Labute approximate surface area is 95.3 Å². The van der Waals surface area contributed by atoms with Gasteiger partial charge in [0.2, 0.25) is 0 Å². The van der Waals surface area contributed by atoms with Crippen molar-refractivity contribution in [3.8, 4) is 5.75 Å². The fourth-order valence-electron chi connectivity index (χ4n) is 1.35. The van der Waals surface area contributed by atoms with E-state index < -0.39 is 6.04 Å². The van der Waals surface area contributed by atoms with Gasteiger partial charge in [-0.3, -0.25) is 4.79 Å². The van der Waals surface area contributed by atoms with Crippen LogP contribution in [0.1, 0.15) is 12.5 Å². The second-order valence-corrected chi connectivity index (χ2v) is 3.41. The molecule has 0 aromatic heterocycles. The summed E-state index contributed by atoms with van der Waals surface area (Å²) in [7, 11) is 1.61. The highest BCUT2D eigenvalue weighted by molar-refractivity contribution is 5.75. The van der Waals surface area contributed by atoms with E-state index in [0.717, 1.165) is 11.3 Å². The third-order valence-electron chi connectivity index (χ3n) is 2.20. The SMILES string of the molecule is CCOC(=O)C(N)Cc1ccc(OC)cc1. The van der Waals surface area contributed by atoms with E-state index in [4.69, 9.17) is 15.2 Å². The van der Waals surface area contributed by atoms with Crippen molar-refractivity contribution in [3.05, 3.63) is 29.8 Å². The molecule has 1 aromatic rings. The van der Waals surface area contributed by atoms with Gasteiger partial charge in [-0.05, 0) is 31.0 Å². The fourth-order valence-corrected chi connectivity index (χ4v) is 1.35. The Morgan fingerprint density at radius 3 is 2.50 bits per heavy atom. The molecule has 0 fully saturated rings. The van der Waals surface area contributed by atoms with E-state index in [1.807, 2.05) is 24.3 Å². The second-order valence-electron chi connectivity index (χ2n) is 3.41. The predicted molar refractivity (Wildman–Crippen MR) is 61.3 cm³/mol.